The maximum atomic E-state index is 12.7. The monoisotopic (exact) mass is 439 g/mol. The average Bonchev–Trinajstić information content (AvgIpc) is 2.78. The van der Waals surface area contributed by atoms with E-state index in [-0.39, 0.29) is 23.7 Å². The lowest BCUT2D eigenvalue weighted by Crippen LogP contribution is -2.40. The number of nitrogens with zero attached hydrogens (tertiary/aromatic N) is 3. The number of hydrogen-bond donors (Lipinski definition) is 2. The summed E-state index contributed by atoms with van der Waals surface area (Å²) in [7, 11) is 1.55. The number of non-ortho nitro benzene ring substituents is 1. The third kappa shape index (κ3) is 5.41. The number of anilines is 2. The number of nitrogens with two attached hydrogens (primary N) is 1. The Balaban J connectivity index is 1.90. The Labute approximate surface area is 184 Å². The summed E-state index contributed by atoms with van der Waals surface area (Å²) in [4.78, 5) is 39.7. The topological polar surface area (TPSA) is 136 Å². The van der Waals surface area contributed by atoms with Gasteiger partial charge in [0.05, 0.1) is 18.1 Å². The molecule has 0 bridgehead atoms. The average molecular weight is 439 g/mol. The van der Waals surface area contributed by atoms with Gasteiger partial charge in [0.15, 0.2) is 0 Å². The summed E-state index contributed by atoms with van der Waals surface area (Å²) in [5.41, 5.74) is 7.10. The fourth-order valence-electron chi connectivity index (χ4n) is 3.39. The van der Waals surface area contributed by atoms with Crippen LogP contribution in [0.2, 0.25) is 0 Å². The number of aromatic nitrogens is 2. The SMILES string of the molecule is COCCN(CCc1ccc([N+](=O)[O-])cc1)c1c(N)n(Cc2ccccc2)c(=O)[nH]c1=O. The van der Waals surface area contributed by atoms with Gasteiger partial charge in [-0.1, -0.05) is 42.5 Å². The molecule has 0 spiro atoms. The number of aromatic amines is 1. The number of nitrogens with one attached hydrogen (secondary N) is 1. The van der Waals surface area contributed by atoms with E-state index in [0.29, 0.717) is 26.1 Å². The number of methoxy groups -OCH3 is 1. The van der Waals surface area contributed by atoms with Gasteiger partial charge in [-0.15, -0.1) is 0 Å². The molecule has 32 heavy (non-hydrogen) atoms. The van der Waals surface area contributed by atoms with Crippen molar-refractivity contribution in [1.29, 1.82) is 0 Å². The molecule has 0 radical (unpaired) electrons. The molecule has 0 aliphatic heterocycles. The van der Waals surface area contributed by atoms with E-state index in [9.17, 15) is 19.7 Å². The quantitative estimate of drug-likeness (QED) is 0.363. The first-order valence-electron chi connectivity index (χ1n) is 10.0. The summed E-state index contributed by atoms with van der Waals surface area (Å²) >= 11 is 0. The molecule has 1 heterocycles. The Kier molecular flexibility index (Phi) is 7.40. The highest BCUT2D eigenvalue weighted by molar-refractivity contribution is 5.62. The van der Waals surface area contributed by atoms with Crippen LogP contribution >= 0.6 is 0 Å². The van der Waals surface area contributed by atoms with Gasteiger partial charge in [-0.3, -0.25) is 24.5 Å². The van der Waals surface area contributed by atoms with Crippen LogP contribution in [0.4, 0.5) is 17.2 Å². The second-order valence-corrected chi connectivity index (χ2v) is 7.22. The minimum Gasteiger partial charge on any atom is -0.383 e. The van der Waals surface area contributed by atoms with Gasteiger partial charge in [-0.05, 0) is 17.5 Å². The van der Waals surface area contributed by atoms with Crippen LogP contribution in [0.5, 0.6) is 0 Å². The van der Waals surface area contributed by atoms with Crippen molar-refractivity contribution >= 4 is 17.2 Å². The molecule has 10 heteroatoms. The summed E-state index contributed by atoms with van der Waals surface area (Å²) in [6.45, 7) is 1.34. The van der Waals surface area contributed by atoms with Crippen molar-refractivity contribution in [2.75, 3.05) is 37.4 Å². The molecular formula is C22H25N5O5. The van der Waals surface area contributed by atoms with Crippen LogP contribution in [0.25, 0.3) is 0 Å². The van der Waals surface area contributed by atoms with Crippen LogP contribution in [-0.4, -0.2) is 41.3 Å². The van der Waals surface area contributed by atoms with Crippen molar-refractivity contribution in [3.63, 3.8) is 0 Å². The zero-order chi connectivity index (χ0) is 23.1. The van der Waals surface area contributed by atoms with E-state index in [4.69, 9.17) is 10.5 Å². The van der Waals surface area contributed by atoms with E-state index in [1.54, 1.807) is 24.1 Å². The standard InChI is InChI=1S/C22H25N5O5/c1-32-14-13-25(12-11-16-7-9-18(10-8-16)27(30)31)19-20(23)26(22(29)24-21(19)28)15-17-5-3-2-4-6-17/h2-10H,11-15,23H2,1H3,(H,24,28,29). The largest absolute Gasteiger partial charge is 0.383 e. The molecule has 0 fully saturated rings. The van der Waals surface area contributed by atoms with Crippen molar-refractivity contribution in [3.8, 4) is 0 Å². The molecule has 168 valence electrons. The highest BCUT2D eigenvalue weighted by Crippen LogP contribution is 2.19. The van der Waals surface area contributed by atoms with Gasteiger partial charge < -0.3 is 15.4 Å². The van der Waals surface area contributed by atoms with Crippen LogP contribution in [0, 0.1) is 10.1 Å². The minimum absolute atomic E-state index is 0.0127. The molecule has 3 aromatic rings. The van der Waals surface area contributed by atoms with Crippen molar-refractivity contribution in [2.45, 2.75) is 13.0 Å². The molecule has 0 aliphatic rings. The number of benzene rings is 2. The number of rotatable bonds is 10. The Hall–Kier alpha value is -3.92. The second-order valence-electron chi connectivity index (χ2n) is 7.22. The molecule has 3 N–H and O–H groups in total. The molecule has 10 nitrogen and oxygen atoms in total. The third-order valence-electron chi connectivity index (χ3n) is 5.10. The first-order valence-corrected chi connectivity index (χ1v) is 10.0. The van der Waals surface area contributed by atoms with E-state index >= 15 is 0 Å². The van der Waals surface area contributed by atoms with Gasteiger partial charge in [0.2, 0.25) is 0 Å². The Morgan fingerprint density at radius 1 is 1.06 bits per heavy atom. The number of nitrogen functional groups attached to an aromatic ring is 1. The molecule has 3 rings (SSSR count). The fraction of sp³-hybridized carbons (Fsp3) is 0.273. The Morgan fingerprint density at radius 3 is 2.38 bits per heavy atom. The second kappa shape index (κ2) is 10.4. The van der Waals surface area contributed by atoms with E-state index in [1.807, 2.05) is 30.3 Å². The molecule has 2 aromatic carbocycles. The summed E-state index contributed by atoms with van der Waals surface area (Å²) in [5.74, 6) is 0.0717. The number of ether oxygens (including phenoxy) is 1. The summed E-state index contributed by atoms with van der Waals surface area (Å²) < 4.78 is 6.51. The number of nitro benzene ring substituents is 1. The van der Waals surface area contributed by atoms with Crippen molar-refractivity contribution in [1.82, 2.24) is 9.55 Å². The molecule has 1 aromatic heterocycles. The Morgan fingerprint density at radius 2 is 1.75 bits per heavy atom. The molecular weight excluding hydrogens is 414 g/mol. The molecule has 0 atom stereocenters. The lowest BCUT2D eigenvalue weighted by atomic mass is 10.1. The van der Waals surface area contributed by atoms with Crippen molar-refractivity contribution in [2.24, 2.45) is 0 Å². The summed E-state index contributed by atoms with van der Waals surface area (Å²) in [6, 6.07) is 15.6. The number of hydrogen-bond acceptors (Lipinski definition) is 7. The van der Waals surface area contributed by atoms with Gasteiger partial charge in [0, 0.05) is 32.3 Å². The molecule has 0 unspecified atom stereocenters. The third-order valence-corrected chi connectivity index (χ3v) is 5.10. The van der Waals surface area contributed by atoms with Gasteiger partial charge >= 0.3 is 5.69 Å². The highest BCUT2D eigenvalue weighted by Gasteiger charge is 2.19. The zero-order valence-electron chi connectivity index (χ0n) is 17.7. The number of nitro groups is 1. The maximum Gasteiger partial charge on any atom is 0.330 e. The van der Waals surface area contributed by atoms with Gasteiger partial charge in [-0.2, -0.15) is 0 Å². The highest BCUT2D eigenvalue weighted by atomic mass is 16.6. The maximum absolute atomic E-state index is 12.7. The van der Waals surface area contributed by atoms with Crippen LogP contribution in [0.1, 0.15) is 11.1 Å². The van der Waals surface area contributed by atoms with E-state index in [0.717, 1.165) is 11.1 Å². The summed E-state index contributed by atoms with van der Waals surface area (Å²) in [5, 5.41) is 10.9. The molecule has 0 saturated heterocycles. The van der Waals surface area contributed by atoms with Crippen LogP contribution in [0.15, 0.2) is 64.2 Å². The lowest BCUT2D eigenvalue weighted by molar-refractivity contribution is -0.384. The molecule has 0 aliphatic carbocycles. The smallest absolute Gasteiger partial charge is 0.330 e. The van der Waals surface area contributed by atoms with Gasteiger partial charge in [0.1, 0.15) is 11.5 Å². The van der Waals surface area contributed by atoms with E-state index < -0.39 is 16.2 Å². The predicted octanol–water partition coefficient (Wildman–Crippen LogP) is 1.77. The predicted molar refractivity (Wildman–Crippen MR) is 122 cm³/mol. The first-order chi connectivity index (χ1) is 15.4. The minimum atomic E-state index is -0.581. The van der Waals surface area contributed by atoms with Gasteiger partial charge in [0.25, 0.3) is 11.2 Å². The van der Waals surface area contributed by atoms with Crippen LogP contribution in [-0.2, 0) is 17.7 Å². The van der Waals surface area contributed by atoms with E-state index in [2.05, 4.69) is 4.98 Å². The summed E-state index contributed by atoms with van der Waals surface area (Å²) in [6.07, 6.45) is 0.512. The van der Waals surface area contributed by atoms with Crippen molar-refractivity contribution in [3.05, 3.63) is 96.7 Å². The zero-order valence-corrected chi connectivity index (χ0v) is 17.7. The Bertz CT molecular complexity index is 1170. The van der Waals surface area contributed by atoms with Crippen LogP contribution in [0.3, 0.4) is 0 Å². The lowest BCUT2D eigenvalue weighted by Gasteiger charge is -2.26. The molecule has 0 amide bonds. The number of H-pyrrole nitrogens is 1. The van der Waals surface area contributed by atoms with Gasteiger partial charge in [-0.25, -0.2) is 4.79 Å². The fourth-order valence-corrected chi connectivity index (χ4v) is 3.39. The molecule has 0 saturated carbocycles. The van der Waals surface area contributed by atoms with E-state index in [1.165, 1.54) is 16.7 Å². The van der Waals surface area contributed by atoms with Crippen molar-refractivity contribution < 1.29 is 9.66 Å². The normalized spacial score (nSPS) is 10.8. The first kappa shape index (κ1) is 22.8. The van der Waals surface area contributed by atoms with Crippen LogP contribution < -0.4 is 21.9 Å².